The summed E-state index contributed by atoms with van der Waals surface area (Å²) in [6.45, 7) is 7.26. The third kappa shape index (κ3) is 5.00. The van der Waals surface area contributed by atoms with Crippen LogP contribution < -0.4 is 10.2 Å². The van der Waals surface area contributed by atoms with Crippen molar-refractivity contribution in [2.75, 3.05) is 37.7 Å². The zero-order valence-electron chi connectivity index (χ0n) is 16.4. The van der Waals surface area contributed by atoms with E-state index < -0.39 is 0 Å². The topological polar surface area (TPSA) is 74.8 Å². The van der Waals surface area contributed by atoms with Gasteiger partial charge in [0.05, 0.1) is 12.2 Å². The lowest BCUT2D eigenvalue weighted by molar-refractivity contribution is 0.0949. The van der Waals surface area contributed by atoms with Crippen molar-refractivity contribution in [1.82, 2.24) is 15.2 Å². The number of anilines is 1. The Morgan fingerprint density at radius 1 is 1.14 bits per heavy atom. The molecule has 7 nitrogen and oxygen atoms in total. The van der Waals surface area contributed by atoms with Crippen LogP contribution in [0.2, 0.25) is 0 Å². The van der Waals surface area contributed by atoms with Crippen LogP contribution in [0, 0.1) is 6.92 Å². The first-order chi connectivity index (χ1) is 13.6. The fourth-order valence-corrected chi connectivity index (χ4v) is 3.15. The van der Waals surface area contributed by atoms with E-state index in [-0.39, 0.29) is 12.0 Å². The second-order valence-electron chi connectivity index (χ2n) is 6.75. The number of piperazine rings is 1. The number of hydrogen-bond donors (Lipinski definition) is 1. The number of rotatable bonds is 5. The van der Waals surface area contributed by atoms with E-state index in [0.717, 1.165) is 11.4 Å². The smallest absolute Gasteiger partial charge is 0.409 e. The fraction of sp³-hybridized carbons (Fsp3) is 0.381. The number of pyridine rings is 1. The Kier molecular flexibility index (Phi) is 6.47. The van der Waals surface area contributed by atoms with Gasteiger partial charge in [-0.3, -0.25) is 4.79 Å². The van der Waals surface area contributed by atoms with Gasteiger partial charge in [0.25, 0.3) is 5.91 Å². The lowest BCUT2D eigenvalue weighted by Gasteiger charge is -2.34. The molecule has 2 amide bonds. The zero-order chi connectivity index (χ0) is 19.9. The molecule has 2 heterocycles. The Labute approximate surface area is 165 Å². The molecule has 1 saturated heterocycles. The van der Waals surface area contributed by atoms with Gasteiger partial charge in [0, 0.05) is 38.9 Å². The van der Waals surface area contributed by atoms with E-state index in [1.807, 2.05) is 31.2 Å². The number of nitrogens with zero attached hydrogens (tertiary/aromatic N) is 3. The van der Waals surface area contributed by atoms with Crippen LogP contribution >= 0.6 is 0 Å². The lowest BCUT2D eigenvalue weighted by Crippen LogP contribution is -2.49. The summed E-state index contributed by atoms with van der Waals surface area (Å²) in [5, 5.41) is 2.92. The minimum atomic E-state index is -0.268. The summed E-state index contributed by atoms with van der Waals surface area (Å²) in [5.41, 5.74) is 2.76. The first kappa shape index (κ1) is 19.7. The molecule has 3 rings (SSSR count). The SMILES string of the molecule is CCOC(=O)N1CCN(c2ccc(C(=O)NCc3cccc(C)c3)cn2)CC1. The zero-order valence-corrected chi connectivity index (χ0v) is 16.4. The van der Waals surface area contributed by atoms with E-state index in [9.17, 15) is 9.59 Å². The van der Waals surface area contributed by atoms with Gasteiger partial charge in [0.1, 0.15) is 5.82 Å². The van der Waals surface area contributed by atoms with Crippen LogP contribution in [-0.2, 0) is 11.3 Å². The Morgan fingerprint density at radius 3 is 2.57 bits per heavy atom. The maximum Gasteiger partial charge on any atom is 0.409 e. The predicted molar refractivity (Wildman–Crippen MR) is 107 cm³/mol. The molecule has 1 N–H and O–H groups in total. The molecule has 2 aromatic rings. The van der Waals surface area contributed by atoms with Gasteiger partial charge in [-0.05, 0) is 31.5 Å². The molecular weight excluding hydrogens is 356 g/mol. The first-order valence-corrected chi connectivity index (χ1v) is 9.53. The lowest BCUT2D eigenvalue weighted by atomic mass is 10.1. The highest BCUT2D eigenvalue weighted by molar-refractivity contribution is 5.94. The average molecular weight is 382 g/mol. The van der Waals surface area contributed by atoms with Gasteiger partial charge in [-0.25, -0.2) is 9.78 Å². The van der Waals surface area contributed by atoms with Crippen LogP contribution in [0.4, 0.5) is 10.6 Å². The standard InChI is InChI=1S/C21H26N4O3/c1-3-28-21(27)25-11-9-24(10-12-25)19-8-7-18(15-22-19)20(26)23-14-17-6-4-5-16(2)13-17/h4-8,13,15H,3,9-12,14H2,1-2H3,(H,23,26). The van der Waals surface area contributed by atoms with E-state index >= 15 is 0 Å². The molecule has 1 aromatic carbocycles. The first-order valence-electron chi connectivity index (χ1n) is 9.53. The highest BCUT2D eigenvalue weighted by Crippen LogP contribution is 2.15. The molecule has 0 spiro atoms. The summed E-state index contributed by atoms with van der Waals surface area (Å²) in [4.78, 5) is 32.3. The van der Waals surface area contributed by atoms with Crippen molar-refractivity contribution in [2.24, 2.45) is 0 Å². The van der Waals surface area contributed by atoms with E-state index in [4.69, 9.17) is 4.74 Å². The van der Waals surface area contributed by atoms with Gasteiger partial charge >= 0.3 is 6.09 Å². The Hall–Kier alpha value is -3.09. The Morgan fingerprint density at radius 2 is 1.93 bits per heavy atom. The van der Waals surface area contributed by atoms with Gasteiger partial charge in [0.2, 0.25) is 0 Å². The molecule has 1 aromatic heterocycles. The number of aryl methyl sites for hydroxylation is 1. The van der Waals surface area contributed by atoms with Crippen molar-refractivity contribution in [3.8, 4) is 0 Å². The molecule has 0 unspecified atom stereocenters. The third-order valence-electron chi connectivity index (χ3n) is 4.68. The minimum Gasteiger partial charge on any atom is -0.450 e. The summed E-state index contributed by atoms with van der Waals surface area (Å²) in [6.07, 6.45) is 1.33. The van der Waals surface area contributed by atoms with Gasteiger partial charge in [0.15, 0.2) is 0 Å². The summed E-state index contributed by atoms with van der Waals surface area (Å²) >= 11 is 0. The van der Waals surface area contributed by atoms with Gasteiger partial charge < -0.3 is 19.9 Å². The second kappa shape index (κ2) is 9.21. The Balaban J connectivity index is 1.52. The van der Waals surface area contributed by atoms with E-state index in [1.54, 1.807) is 24.1 Å². The van der Waals surface area contributed by atoms with Crippen molar-refractivity contribution in [3.05, 3.63) is 59.3 Å². The van der Waals surface area contributed by atoms with Crippen molar-refractivity contribution < 1.29 is 14.3 Å². The second-order valence-corrected chi connectivity index (χ2v) is 6.75. The number of amides is 2. The largest absolute Gasteiger partial charge is 0.450 e. The van der Waals surface area contributed by atoms with Crippen LogP contribution in [-0.4, -0.2) is 54.7 Å². The summed E-state index contributed by atoms with van der Waals surface area (Å²) in [5.74, 6) is 0.659. The molecule has 0 aliphatic carbocycles. The molecule has 7 heteroatoms. The molecule has 28 heavy (non-hydrogen) atoms. The van der Waals surface area contributed by atoms with Crippen molar-refractivity contribution in [1.29, 1.82) is 0 Å². The van der Waals surface area contributed by atoms with Crippen LogP contribution in [0.3, 0.4) is 0 Å². The molecule has 0 bridgehead atoms. The van der Waals surface area contributed by atoms with E-state index in [0.29, 0.717) is 44.9 Å². The molecule has 1 aliphatic heterocycles. The average Bonchev–Trinajstić information content (AvgIpc) is 2.72. The maximum absolute atomic E-state index is 12.3. The van der Waals surface area contributed by atoms with Crippen molar-refractivity contribution in [2.45, 2.75) is 20.4 Å². The normalized spacial score (nSPS) is 13.9. The third-order valence-corrected chi connectivity index (χ3v) is 4.68. The quantitative estimate of drug-likeness (QED) is 0.860. The number of ether oxygens (including phenoxy) is 1. The molecule has 148 valence electrons. The monoisotopic (exact) mass is 382 g/mol. The van der Waals surface area contributed by atoms with Crippen LogP contribution in [0.1, 0.15) is 28.4 Å². The number of benzene rings is 1. The van der Waals surface area contributed by atoms with E-state index in [1.165, 1.54) is 5.56 Å². The Bertz CT molecular complexity index is 815. The number of nitrogens with one attached hydrogen (secondary N) is 1. The number of carbonyl (C=O) groups excluding carboxylic acids is 2. The number of aromatic nitrogens is 1. The fourth-order valence-electron chi connectivity index (χ4n) is 3.15. The minimum absolute atomic E-state index is 0.146. The number of carbonyl (C=O) groups is 2. The molecule has 0 saturated carbocycles. The number of hydrogen-bond acceptors (Lipinski definition) is 5. The van der Waals surface area contributed by atoms with Crippen molar-refractivity contribution >= 4 is 17.8 Å². The highest BCUT2D eigenvalue weighted by Gasteiger charge is 2.22. The summed E-state index contributed by atoms with van der Waals surface area (Å²) in [7, 11) is 0. The summed E-state index contributed by atoms with van der Waals surface area (Å²) in [6, 6.07) is 11.7. The maximum atomic E-state index is 12.3. The van der Waals surface area contributed by atoms with Crippen LogP contribution in [0.15, 0.2) is 42.6 Å². The van der Waals surface area contributed by atoms with Gasteiger partial charge in [-0.15, -0.1) is 0 Å². The van der Waals surface area contributed by atoms with Gasteiger partial charge in [-0.2, -0.15) is 0 Å². The van der Waals surface area contributed by atoms with Crippen LogP contribution in [0.5, 0.6) is 0 Å². The molecule has 1 fully saturated rings. The molecule has 0 radical (unpaired) electrons. The summed E-state index contributed by atoms with van der Waals surface area (Å²) < 4.78 is 5.03. The van der Waals surface area contributed by atoms with Crippen molar-refractivity contribution in [3.63, 3.8) is 0 Å². The van der Waals surface area contributed by atoms with Gasteiger partial charge in [-0.1, -0.05) is 29.8 Å². The van der Waals surface area contributed by atoms with Crippen LogP contribution in [0.25, 0.3) is 0 Å². The predicted octanol–water partition coefficient (Wildman–Crippen LogP) is 2.60. The molecule has 0 atom stereocenters. The molecular formula is C21H26N4O3. The van der Waals surface area contributed by atoms with E-state index in [2.05, 4.69) is 21.3 Å². The highest BCUT2D eigenvalue weighted by atomic mass is 16.6. The molecule has 1 aliphatic rings.